The van der Waals surface area contributed by atoms with Gasteiger partial charge >= 0.3 is 0 Å². The molecule has 0 aliphatic rings. The first kappa shape index (κ1) is 13.9. The molecule has 0 bridgehead atoms. The van der Waals surface area contributed by atoms with E-state index in [4.69, 9.17) is 4.84 Å². The molecule has 0 aliphatic heterocycles. The molecule has 1 aromatic carbocycles. The van der Waals surface area contributed by atoms with Crippen molar-refractivity contribution in [3.05, 3.63) is 64.5 Å². The van der Waals surface area contributed by atoms with Crippen LogP contribution in [-0.4, -0.2) is 10.9 Å². The van der Waals surface area contributed by atoms with Gasteiger partial charge in [-0.05, 0) is 17.0 Å². The van der Waals surface area contributed by atoms with Gasteiger partial charge in [-0.1, -0.05) is 36.4 Å². The van der Waals surface area contributed by atoms with Crippen molar-refractivity contribution in [2.24, 2.45) is 0 Å². The van der Waals surface area contributed by atoms with Gasteiger partial charge in [0.2, 0.25) is 0 Å². The second-order valence-corrected chi connectivity index (χ2v) is 6.03. The first-order valence-corrected chi connectivity index (χ1v) is 8.04. The number of hydrogen-bond donors (Lipinski definition) is 1. The second kappa shape index (κ2) is 6.62. The lowest BCUT2D eigenvalue weighted by Crippen LogP contribution is -2.23. The minimum absolute atomic E-state index is 0.328. The van der Waals surface area contributed by atoms with E-state index in [1.165, 1.54) is 11.3 Å². The Hall–Kier alpha value is -2.02. The number of aromatic nitrogens is 1. The normalized spacial score (nSPS) is 10.5. The Morgan fingerprint density at radius 3 is 2.76 bits per heavy atom. The van der Waals surface area contributed by atoms with Gasteiger partial charge in [0.25, 0.3) is 5.91 Å². The van der Waals surface area contributed by atoms with Crippen LogP contribution in [0.1, 0.15) is 16.1 Å². The fraction of sp³-hybridized carbons (Fsp3) is 0.0667. The van der Waals surface area contributed by atoms with Crippen LogP contribution in [0.25, 0.3) is 9.88 Å². The molecule has 0 spiro atoms. The number of carbonyl (C=O) groups excluding carboxylic acids is 1. The number of thiazole rings is 1. The van der Waals surface area contributed by atoms with Crippen molar-refractivity contribution in [3.63, 3.8) is 0 Å². The third-order valence-corrected chi connectivity index (χ3v) is 4.60. The Balaban J connectivity index is 1.56. The van der Waals surface area contributed by atoms with E-state index in [2.05, 4.69) is 10.5 Å². The zero-order chi connectivity index (χ0) is 14.5. The highest BCUT2D eigenvalue weighted by molar-refractivity contribution is 7.20. The fourth-order valence-electron chi connectivity index (χ4n) is 1.70. The molecule has 2 aromatic heterocycles. The molecule has 4 nitrogen and oxygen atoms in total. The number of benzene rings is 1. The lowest BCUT2D eigenvalue weighted by atomic mass is 10.2. The van der Waals surface area contributed by atoms with Crippen LogP contribution in [0, 0.1) is 0 Å². The summed E-state index contributed by atoms with van der Waals surface area (Å²) >= 11 is 3.05. The standard InChI is InChI=1S/C15H12N2O2S2/c18-14(17-19-9-11-5-2-1-3-6-11)12-10-21-15(16-12)13-7-4-8-20-13/h1-8,10H,9H2,(H,17,18). The quantitative estimate of drug-likeness (QED) is 0.730. The van der Waals surface area contributed by atoms with Crippen molar-refractivity contribution in [2.75, 3.05) is 0 Å². The predicted molar refractivity (Wildman–Crippen MR) is 84.1 cm³/mol. The molecule has 106 valence electrons. The van der Waals surface area contributed by atoms with Gasteiger partial charge in [0.15, 0.2) is 0 Å². The number of carbonyl (C=O) groups is 1. The molecule has 0 atom stereocenters. The van der Waals surface area contributed by atoms with Gasteiger partial charge in [-0.2, -0.15) is 0 Å². The van der Waals surface area contributed by atoms with Crippen LogP contribution in [0.15, 0.2) is 53.2 Å². The number of rotatable bonds is 5. The molecule has 0 unspecified atom stereocenters. The van der Waals surface area contributed by atoms with E-state index in [0.29, 0.717) is 12.3 Å². The van der Waals surface area contributed by atoms with Crippen molar-refractivity contribution >= 4 is 28.6 Å². The highest BCUT2D eigenvalue weighted by Gasteiger charge is 2.12. The van der Waals surface area contributed by atoms with Gasteiger partial charge in [0.1, 0.15) is 10.7 Å². The molecule has 0 saturated carbocycles. The highest BCUT2D eigenvalue weighted by Crippen LogP contribution is 2.27. The summed E-state index contributed by atoms with van der Waals surface area (Å²) in [5.41, 5.74) is 3.78. The topological polar surface area (TPSA) is 51.2 Å². The van der Waals surface area contributed by atoms with Gasteiger partial charge in [-0.25, -0.2) is 10.5 Å². The lowest BCUT2D eigenvalue weighted by molar-refractivity contribution is 0.0230. The van der Waals surface area contributed by atoms with Crippen LogP contribution < -0.4 is 5.48 Å². The molecular weight excluding hydrogens is 304 g/mol. The van der Waals surface area contributed by atoms with E-state index in [1.807, 2.05) is 47.8 Å². The molecule has 3 rings (SSSR count). The zero-order valence-electron chi connectivity index (χ0n) is 11.0. The van der Waals surface area contributed by atoms with E-state index in [9.17, 15) is 4.79 Å². The van der Waals surface area contributed by atoms with Gasteiger partial charge < -0.3 is 0 Å². The second-order valence-electron chi connectivity index (χ2n) is 4.22. The molecule has 0 saturated heterocycles. The molecule has 1 amide bonds. The maximum atomic E-state index is 11.9. The number of hydroxylamine groups is 1. The van der Waals surface area contributed by atoms with Crippen LogP contribution in [-0.2, 0) is 11.4 Å². The molecule has 0 aliphatic carbocycles. The average molecular weight is 316 g/mol. The Morgan fingerprint density at radius 2 is 2.00 bits per heavy atom. The van der Waals surface area contributed by atoms with E-state index >= 15 is 0 Å². The van der Waals surface area contributed by atoms with Crippen LogP contribution in [0.5, 0.6) is 0 Å². The number of nitrogens with one attached hydrogen (secondary N) is 1. The third kappa shape index (κ3) is 3.55. The summed E-state index contributed by atoms with van der Waals surface area (Å²) in [7, 11) is 0. The molecule has 21 heavy (non-hydrogen) atoms. The molecule has 0 fully saturated rings. The number of thiophene rings is 1. The van der Waals surface area contributed by atoms with Crippen molar-refractivity contribution in [2.45, 2.75) is 6.61 Å². The maximum Gasteiger partial charge on any atom is 0.294 e. The van der Waals surface area contributed by atoms with E-state index < -0.39 is 0 Å². The first-order valence-electron chi connectivity index (χ1n) is 6.28. The van der Waals surface area contributed by atoms with Gasteiger partial charge in [-0.15, -0.1) is 22.7 Å². The van der Waals surface area contributed by atoms with Crippen LogP contribution in [0.2, 0.25) is 0 Å². The molecule has 6 heteroatoms. The molecule has 3 aromatic rings. The SMILES string of the molecule is O=C(NOCc1ccccc1)c1csc(-c2cccs2)n1. The Labute approximate surface area is 130 Å². The zero-order valence-corrected chi connectivity index (χ0v) is 12.6. The predicted octanol–water partition coefficient (Wildman–Crippen LogP) is 3.73. The van der Waals surface area contributed by atoms with Crippen molar-refractivity contribution in [3.8, 4) is 9.88 Å². The van der Waals surface area contributed by atoms with E-state index in [1.54, 1.807) is 16.7 Å². The van der Waals surface area contributed by atoms with E-state index in [0.717, 1.165) is 15.4 Å². The lowest BCUT2D eigenvalue weighted by Gasteiger charge is -2.04. The van der Waals surface area contributed by atoms with Crippen molar-refractivity contribution in [1.82, 2.24) is 10.5 Å². The number of amides is 1. The first-order chi connectivity index (χ1) is 10.3. The summed E-state index contributed by atoms with van der Waals surface area (Å²) in [6.07, 6.45) is 0. The monoisotopic (exact) mass is 316 g/mol. The minimum atomic E-state index is -0.329. The van der Waals surface area contributed by atoms with Crippen LogP contribution >= 0.6 is 22.7 Å². The molecular formula is C15H12N2O2S2. The van der Waals surface area contributed by atoms with Gasteiger partial charge in [0, 0.05) is 5.38 Å². The fourth-order valence-corrected chi connectivity index (χ4v) is 3.32. The molecule has 0 radical (unpaired) electrons. The maximum absolute atomic E-state index is 11.9. The van der Waals surface area contributed by atoms with Gasteiger partial charge in [0.05, 0.1) is 11.5 Å². The highest BCUT2D eigenvalue weighted by atomic mass is 32.1. The van der Waals surface area contributed by atoms with Crippen LogP contribution in [0.3, 0.4) is 0 Å². The van der Waals surface area contributed by atoms with E-state index in [-0.39, 0.29) is 5.91 Å². The van der Waals surface area contributed by atoms with Crippen LogP contribution in [0.4, 0.5) is 0 Å². The number of nitrogens with zero attached hydrogens (tertiary/aromatic N) is 1. The summed E-state index contributed by atoms with van der Waals surface area (Å²) in [6.45, 7) is 0.328. The minimum Gasteiger partial charge on any atom is -0.269 e. The Bertz CT molecular complexity index is 708. The summed E-state index contributed by atoms with van der Waals surface area (Å²) in [6, 6.07) is 13.6. The average Bonchev–Trinajstić information content (AvgIpc) is 3.19. The van der Waals surface area contributed by atoms with Crippen molar-refractivity contribution < 1.29 is 9.63 Å². The summed E-state index contributed by atoms with van der Waals surface area (Å²) in [5, 5.41) is 4.56. The summed E-state index contributed by atoms with van der Waals surface area (Å²) < 4.78 is 0. The Kier molecular flexibility index (Phi) is 4.40. The largest absolute Gasteiger partial charge is 0.294 e. The third-order valence-electron chi connectivity index (χ3n) is 2.72. The summed E-state index contributed by atoms with van der Waals surface area (Å²) in [5.74, 6) is -0.329. The van der Waals surface area contributed by atoms with Gasteiger partial charge in [-0.3, -0.25) is 9.63 Å². The molecule has 1 N–H and O–H groups in total. The Morgan fingerprint density at radius 1 is 1.14 bits per heavy atom. The molecule has 2 heterocycles. The smallest absolute Gasteiger partial charge is 0.269 e. The number of hydrogen-bond acceptors (Lipinski definition) is 5. The summed E-state index contributed by atoms with van der Waals surface area (Å²) in [4.78, 5) is 22.5. The van der Waals surface area contributed by atoms with Crippen molar-refractivity contribution in [1.29, 1.82) is 0 Å².